The van der Waals surface area contributed by atoms with Gasteiger partial charge < -0.3 is 33.9 Å². The largest absolute Gasteiger partial charge is 0.493 e. The summed E-state index contributed by atoms with van der Waals surface area (Å²) < 4.78 is 59.1. The number of aromatic nitrogens is 2. The summed E-state index contributed by atoms with van der Waals surface area (Å²) in [5.74, 6) is -0.536. The smallest absolute Gasteiger partial charge is 0.271 e. The molecule has 11 nitrogen and oxygen atoms in total. The molecule has 4 heterocycles. The molecular formula is C39H38F2N4O7. The monoisotopic (exact) mass is 712 g/mol. The van der Waals surface area contributed by atoms with Crippen LogP contribution < -0.4 is 29.8 Å². The van der Waals surface area contributed by atoms with E-state index in [0.29, 0.717) is 65.1 Å². The van der Waals surface area contributed by atoms with Crippen molar-refractivity contribution in [2.45, 2.75) is 31.8 Å². The highest BCUT2D eigenvalue weighted by molar-refractivity contribution is 6.06. The fourth-order valence-corrected chi connectivity index (χ4v) is 6.55. The van der Waals surface area contributed by atoms with Crippen LogP contribution in [0.4, 0.5) is 14.5 Å². The standard InChI is InChI=1S/C39H38F2N4O7/c1-48-28-11-16-44(17-12-28)15-3-18-50-35-22-31-29(21-34(35)49-2)32(10-14-42-31)52-33-9-6-26(20-30(33)41)43-38(46)36-37-24(13-19-51-37)23-45(39(36)47)27-7-4-25(40)5-8-27/h4-10,14,20-23,28H,3,11-13,15-19H2,1-2H3,(H,43,46). The van der Waals surface area contributed by atoms with Crippen molar-refractivity contribution in [2.24, 2.45) is 0 Å². The number of halogens is 2. The molecule has 7 rings (SSSR count). The van der Waals surface area contributed by atoms with Crippen LogP contribution in [-0.2, 0) is 11.2 Å². The van der Waals surface area contributed by atoms with Crippen molar-refractivity contribution in [3.05, 3.63) is 106 Å². The number of benzene rings is 3. The lowest BCUT2D eigenvalue weighted by Crippen LogP contribution is -2.37. The fourth-order valence-electron chi connectivity index (χ4n) is 6.55. The Morgan fingerprint density at radius 1 is 0.981 bits per heavy atom. The van der Waals surface area contributed by atoms with E-state index in [1.807, 2.05) is 0 Å². The molecule has 2 aromatic heterocycles. The fraction of sp³-hybridized carbons (Fsp3) is 0.308. The molecule has 1 N–H and O–H groups in total. The molecule has 3 aromatic carbocycles. The SMILES string of the molecule is COc1cc2c(Oc3ccc(NC(=O)c4c5c(cn(-c6ccc(F)cc6)c4=O)CCO5)cc3F)ccnc2cc1OCCCN1CCC(OC)CC1. The Morgan fingerprint density at radius 2 is 1.79 bits per heavy atom. The average Bonchev–Trinajstić information content (AvgIpc) is 3.62. The van der Waals surface area contributed by atoms with Gasteiger partial charge in [0.05, 0.1) is 31.9 Å². The van der Waals surface area contributed by atoms with Crippen molar-refractivity contribution < 1.29 is 37.3 Å². The zero-order valence-corrected chi connectivity index (χ0v) is 28.8. The molecule has 13 heteroatoms. The molecule has 1 amide bonds. The summed E-state index contributed by atoms with van der Waals surface area (Å²) in [6.07, 6.45) is 6.89. The zero-order chi connectivity index (χ0) is 36.2. The molecule has 0 radical (unpaired) electrons. The van der Waals surface area contributed by atoms with Gasteiger partial charge in [-0.05, 0) is 67.8 Å². The van der Waals surface area contributed by atoms with Gasteiger partial charge in [-0.15, -0.1) is 0 Å². The molecule has 52 heavy (non-hydrogen) atoms. The minimum atomic E-state index is -0.773. The number of anilines is 1. The number of fused-ring (bicyclic) bond motifs is 2. The van der Waals surface area contributed by atoms with Gasteiger partial charge in [-0.3, -0.25) is 19.1 Å². The van der Waals surface area contributed by atoms with Gasteiger partial charge in [0, 0.05) is 80.0 Å². The third kappa shape index (κ3) is 7.41. The van der Waals surface area contributed by atoms with E-state index in [1.54, 1.807) is 44.8 Å². The van der Waals surface area contributed by atoms with E-state index < -0.39 is 23.1 Å². The quantitative estimate of drug-likeness (QED) is 0.144. The summed E-state index contributed by atoms with van der Waals surface area (Å²) in [7, 11) is 3.31. The number of nitrogens with zero attached hydrogens (tertiary/aromatic N) is 3. The predicted molar refractivity (Wildman–Crippen MR) is 191 cm³/mol. The summed E-state index contributed by atoms with van der Waals surface area (Å²) in [5.41, 5.74) is 0.819. The van der Waals surface area contributed by atoms with Crippen LogP contribution in [0.1, 0.15) is 35.2 Å². The number of pyridine rings is 2. The first kappa shape index (κ1) is 34.9. The molecule has 0 unspecified atom stereocenters. The van der Waals surface area contributed by atoms with Crippen molar-refractivity contribution in [1.29, 1.82) is 0 Å². The number of carbonyl (C=O) groups is 1. The molecule has 0 saturated carbocycles. The minimum Gasteiger partial charge on any atom is -0.493 e. The van der Waals surface area contributed by atoms with E-state index in [1.165, 1.54) is 41.0 Å². The van der Waals surface area contributed by atoms with Crippen molar-refractivity contribution in [3.63, 3.8) is 0 Å². The van der Waals surface area contributed by atoms with E-state index in [4.69, 9.17) is 23.7 Å². The Balaban J connectivity index is 1.05. The number of ether oxygens (including phenoxy) is 5. The van der Waals surface area contributed by atoms with Gasteiger partial charge in [-0.1, -0.05) is 0 Å². The number of piperidine rings is 1. The van der Waals surface area contributed by atoms with Gasteiger partial charge >= 0.3 is 0 Å². The van der Waals surface area contributed by atoms with E-state index in [-0.39, 0.29) is 22.7 Å². The third-order valence-corrected chi connectivity index (χ3v) is 9.33. The molecule has 1 saturated heterocycles. The first-order valence-corrected chi connectivity index (χ1v) is 17.1. The maximum absolute atomic E-state index is 15.5. The molecule has 0 bridgehead atoms. The average molecular weight is 713 g/mol. The Hall–Kier alpha value is -5.53. The van der Waals surface area contributed by atoms with Gasteiger partial charge in [-0.25, -0.2) is 8.78 Å². The molecule has 0 aliphatic carbocycles. The zero-order valence-electron chi connectivity index (χ0n) is 28.8. The van der Waals surface area contributed by atoms with Crippen LogP contribution in [0.15, 0.2) is 77.9 Å². The van der Waals surface area contributed by atoms with E-state index in [9.17, 15) is 14.0 Å². The summed E-state index contributed by atoms with van der Waals surface area (Å²) in [5, 5.41) is 3.19. The lowest BCUT2D eigenvalue weighted by Gasteiger charge is -2.31. The first-order valence-electron chi connectivity index (χ1n) is 17.1. The van der Waals surface area contributed by atoms with Crippen molar-refractivity contribution in [1.82, 2.24) is 14.5 Å². The topological polar surface area (TPSA) is 113 Å². The van der Waals surface area contributed by atoms with Crippen molar-refractivity contribution in [2.75, 3.05) is 52.4 Å². The molecule has 1 fully saturated rings. The number of nitrogens with one attached hydrogen (secondary N) is 1. The van der Waals surface area contributed by atoms with E-state index >= 15 is 4.39 Å². The normalized spacial score (nSPS) is 14.5. The van der Waals surface area contributed by atoms with Crippen LogP contribution in [-0.4, -0.2) is 73.5 Å². The van der Waals surface area contributed by atoms with Crippen LogP contribution in [0, 0.1) is 11.6 Å². The summed E-state index contributed by atoms with van der Waals surface area (Å²) >= 11 is 0. The lowest BCUT2D eigenvalue weighted by atomic mass is 10.1. The Labute approximate surface area is 298 Å². The number of hydrogen-bond donors (Lipinski definition) is 1. The molecule has 0 atom stereocenters. The molecule has 2 aliphatic rings. The summed E-state index contributed by atoms with van der Waals surface area (Å²) in [4.78, 5) is 33.9. The van der Waals surface area contributed by atoms with Gasteiger partial charge in [0.1, 0.15) is 22.9 Å². The van der Waals surface area contributed by atoms with Crippen molar-refractivity contribution in [3.8, 4) is 34.4 Å². The van der Waals surface area contributed by atoms with Crippen LogP contribution in [0.5, 0.6) is 28.7 Å². The number of rotatable bonds is 12. The highest BCUT2D eigenvalue weighted by Gasteiger charge is 2.27. The van der Waals surface area contributed by atoms with Gasteiger partial charge in [-0.2, -0.15) is 0 Å². The highest BCUT2D eigenvalue weighted by Crippen LogP contribution is 2.38. The summed E-state index contributed by atoms with van der Waals surface area (Å²) in [6.45, 7) is 3.74. The van der Waals surface area contributed by atoms with Crippen LogP contribution in [0.25, 0.3) is 16.6 Å². The number of hydrogen-bond acceptors (Lipinski definition) is 9. The van der Waals surface area contributed by atoms with Crippen LogP contribution in [0.2, 0.25) is 0 Å². The molecular weight excluding hydrogens is 674 g/mol. The van der Waals surface area contributed by atoms with Crippen LogP contribution >= 0.6 is 0 Å². The molecule has 270 valence electrons. The van der Waals surface area contributed by atoms with E-state index in [0.717, 1.165) is 45.0 Å². The number of amides is 1. The molecule has 2 aliphatic heterocycles. The first-order chi connectivity index (χ1) is 25.3. The van der Waals surface area contributed by atoms with Gasteiger partial charge in [0.15, 0.2) is 23.1 Å². The molecule has 5 aromatic rings. The second-order valence-electron chi connectivity index (χ2n) is 12.6. The second kappa shape index (κ2) is 15.4. The predicted octanol–water partition coefficient (Wildman–Crippen LogP) is 6.53. The van der Waals surface area contributed by atoms with E-state index in [2.05, 4.69) is 15.2 Å². The maximum atomic E-state index is 15.5. The third-order valence-electron chi connectivity index (χ3n) is 9.33. The Morgan fingerprint density at radius 3 is 2.54 bits per heavy atom. The van der Waals surface area contributed by atoms with Crippen LogP contribution in [0.3, 0.4) is 0 Å². The minimum absolute atomic E-state index is 0.0954. The maximum Gasteiger partial charge on any atom is 0.271 e. The summed E-state index contributed by atoms with van der Waals surface area (Å²) in [6, 6.07) is 14.4. The number of carbonyl (C=O) groups excluding carboxylic acids is 1. The Bertz CT molecular complexity index is 2150. The van der Waals surface area contributed by atoms with Gasteiger partial charge in [0.25, 0.3) is 11.5 Å². The highest BCUT2D eigenvalue weighted by atomic mass is 19.1. The molecule has 0 spiro atoms. The number of methoxy groups -OCH3 is 2. The Kier molecular flexibility index (Phi) is 10.3. The number of likely N-dealkylation sites (tertiary alicyclic amines) is 1. The van der Waals surface area contributed by atoms with Crippen molar-refractivity contribution >= 4 is 22.5 Å². The second-order valence-corrected chi connectivity index (χ2v) is 12.6. The van der Waals surface area contributed by atoms with Gasteiger partial charge in [0.2, 0.25) is 0 Å². The lowest BCUT2D eigenvalue weighted by molar-refractivity contribution is 0.0398.